The van der Waals surface area contributed by atoms with Crippen molar-refractivity contribution in [3.63, 3.8) is 0 Å². The van der Waals surface area contributed by atoms with Crippen molar-refractivity contribution in [2.45, 2.75) is 31.1 Å². The number of hydrogen-bond acceptors (Lipinski definition) is 3. The molecule has 2 atom stereocenters. The van der Waals surface area contributed by atoms with Crippen LogP contribution in [0.3, 0.4) is 0 Å². The molecule has 2 unspecified atom stereocenters. The molecule has 4 nitrogen and oxygen atoms in total. The first-order valence-corrected chi connectivity index (χ1v) is 8.72. The number of sulfonamides is 1. The molecule has 0 radical (unpaired) electrons. The topological polar surface area (TPSA) is 72.2 Å². The predicted octanol–water partition coefficient (Wildman–Crippen LogP) is 2.75. The van der Waals surface area contributed by atoms with Crippen LogP contribution in [0.5, 0.6) is 0 Å². The quantitative estimate of drug-likeness (QED) is 0.823. The summed E-state index contributed by atoms with van der Waals surface area (Å²) in [5.74, 6) is 1.04. The van der Waals surface area contributed by atoms with Crippen LogP contribution >= 0.6 is 15.9 Å². The van der Waals surface area contributed by atoms with E-state index in [0.717, 1.165) is 6.42 Å². The minimum Gasteiger partial charge on any atom is -0.399 e. The van der Waals surface area contributed by atoms with Crippen molar-refractivity contribution in [1.82, 2.24) is 4.72 Å². The SMILES string of the molecule is CC1CCCC1CNS(=O)(=O)c1ccc(N)cc1Br. The van der Waals surface area contributed by atoms with Crippen molar-refractivity contribution in [3.8, 4) is 0 Å². The van der Waals surface area contributed by atoms with Crippen molar-refractivity contribution in [2.24, 2.45) is 11.8 Å². The Balaban J connectivity index is 2.09. The van der Waals surface area contributed by atoms with E-state index in [1.165, 1.54) is 18.9 Å². The average molecular weight is 347 g/mol. The molecular weight excluding hydrogens is 328 g/mol. The second kappa shape index (κ2) is 5.81. The maximum absolute atomic E-state index is 12.2. The molecule has 3 N–H and O–H groups in total. The fourth-order valence-electron chi connectivity index (χ4n) is 2.56. The molecule has 1 aromatic carbocycles. The summed E-state index contributed by atoms with van der Waals surface area (Å²) in [6.45, 7) is 2.70. The van der Waals surface area contributed by atoms with Gasteiger partial charge in [-0.15, -0.1) is 0 Å². The zero-order valence-electron chi connectivity index (χ0n) is 10.9. The third-order valence-corrected chi connectivity index (χ3v) is 6.22. The Morgan fingerprint density at radius 3 is 2.74 bits per heavy atom. The molecule has 0 aliphatic heterocycles. The van der Waals surface area contributed by atoms with Crippen LogP contribution in [0.2, 0.25) is 0 Å². The highest BCUT2D eigenvalue weighted by Crippen LogP contribution is 2.31. The lowest BCUT2D eigenvalue weighted by Gasteiger charge is -2.16. The number of nitrogen functional groups attached to an aromatic ring is 1. The molecule has 106 valence electrons. The van der Waals surface area contributed by atoms with E-state index in [0.29, 0.717) is 28.5 Å². The van der Waals surface area contributed by atoms with Gasteiger partial charge in [-0.2, -0.15) is 0 Å². The Labute approximate surface area is 122 Å². The first kappa shape index (κ1) is 14.8. The summed E-state index contributed by atoms with van der Waals surface area (Å²) in [7, 11) is -3.47. The van der Waals surface area contributed by atoms with E-state index >= 15 is 0 Å². The van der Waals surface area contributed by atoms with Gasteiger partial charge in [0.2, 0.25) is 10.0 Å². The van der Waals surface area contributed by atoms with Crippen LogP contribution in [0.25, 0.3) is 0 Å². The molecule has 0 heterocycles. The van der Waals surface area contributed by atoms with E-state index in [-0.39, 0.29) is 4.90 Å². The van der Waals surface area contributed by atoms with Crippen LogP contribution in [0, 0.1) is 11.8 Å². The molecular formula is C13H19BrN2O2S. The monoisotopic (exact) mass is 346 g/mol. The summed E-state index contributed by atoms with van der Waals surface area (Å²) in [6, 6.07) is 4.73. The molecule has 2 rings (SSSR count). The second-order valence-electron chi connectivity index (χ2n) is 5.21. The van der Waals surface area contributed by atoms with E-state index in [1.54, 1.807) is 12.1 Å². The predicted molar refractivity (Wildman–Crippen MR) is 80.2 cm³/mol. The average Bonchev–Trinajstić information content (AvgIpc) is 2.72. The summed E-state index contributed by atoms with van der Waals surface area (Å²) in [5.41, 5.74) is 6.15. The first-order valence-electron chi connectivity index (χ1n) is 6.45. The van der Waals surface area contributed by atoms with Gasteiger partial charge in [0.1, 0.15) is 0 Å². The number of hydrogen-bond donors (Lipinski definition) is 2. The Kier molecular flexibility index (Phi) is 4.53. The number of anilines is 1. The summed E-state index contributed by atoms with van der Waals surface area (Å²) in [6.07, 6.45) is 3.49. The number of rotatable bonds is 4. The molecule has 19 heavy (non-hydrogen) atoms. The van der Waals surface area contributed by atoms with E-state index < -0.39 is 10.0 Å². The molecule has 1 saturated carbocycles. The number of halogens is 1. The highest BCUT2D eigenvalue weighted by atomic mass is 79.9. The van der Waals surface area contributed by atoms with Crippen molar-refractivity contribution >= 4 is 31.6 Å². The van der Waals surface area contributed by atoms with Crippen molar-refractivity contribution in [3.05, 3.63) is 22.7 Å². The summed E-state index contributed by atoms with van der Waals surface area (Å²) in [4.78, 5) is 0.243. The third-order valence-electron chi connectivity index (χ3n) is 3.82. The highest BCUT2D eigenvalue weighted by molar-refractivity contribution is 9.10. The Morgan fingerprint density at radius 2 is 2.16 bits per heavy atom. The first-order chi connectivity index (χ1) is 8.90. The largest absolute Gasteiger partial charge is 0.399 e. The molecule has 1 fully saturated rings. The van der Waals surface area contributed by atoms with Crippen molar-refractivity contribution in [2.75, 3.05) is 12.3 Å². The van der Waals surface area contributed by atoms with Crippen molar-refractivity contribution in [1.29, 1.82) is 0 Å². The van der Waals surface area contributed by atoms with Gasteiger partial charge in [0, 0.05) is 16.7 Å². The highest BCUT2D eigenvalue weighted by Gasteiger charge is 2.26. The molecule has 0 amide bonds. The molecule has 0 saturated heterocycles. The Bertz CT molecular complexity index is 560. The lowest BCUT2D eigenvalue weighted by molar-refractivity contribution is 0.414. The smallest absolute Gasteiger partial charge is 0.241 e. The maximum atomic E-state index is 12.2. The third kappa shape index (κ3) is 3.49. The molecule has 1 aliphatic carbocycles. The zero-order valence-corrected chi connectivity index (χ0v) is 13.3. The minimum atomic E-state index is -3.47. The number of benzene rings is 1. The van der Waals surface area contributed by atoms with Gasteiger partial charge in [0.05, 0.1) is 4.90 Å². The molecule has 0 bridgehead atoms. The van der Waals surface area contributed by atoms with E-state index in [4.69, 9.17) is 5.73 Å². The van der Waals surface area contributed by atoms with Crippen molar-refractivity contribution < 1.29 is 8.42 Å². The van der Waals surface area contributed by atoms with Crippen LogP contribution in [-0.2, 0) is 10.0 Å². The van der Waals surface area contributed by atoms with E-state index in [9.17, 15) is 8.42 Å². The van der Waals surface area contributed by atoms with Gasteiger partial charge in [0.15, 0.2) is 0 Å². The molecule has 1 aliphatic rings. The van der Waals surface area contributed by atoms with Gasteiger partial charge < -0.3 is 5.73 Å². The lowest BCUT2D eigenvalue weighted by Crippen LogP contribution is -2.30. The van der Waals surface area contributed by atoms with E-state index in [1.807, 2.05) is 0 Å². The maximum Gasteiger partial charge on any atom is 0.241 e. The van der Waals surface area contributed by atoms with Gasteiger partial charge in [-0.05, 0) is 52.4 Å². The summed E-state index contributed by atoms with van der Waals surface area (Å²) >= 11 is 3.25. The van der Waals surface area contributed by atoms with Crippen LogP contribution in [0.4, 0.5) is 5.69 Å². The van der Waals surface area contributed by atoms with Crippen LogP contribution in [0.15, 0.2) is 27.6 Å². The summed E-state index contributed by atoms with van der Waals surface area (Å²) < 4.78 is 27.7. The van der Waals surface area contributed by atoms with Crippen LogP contribution in [0.1, 0.15) is 26.2 Å². The lowest BCUT2D eigenvalue weighted by atomic mass is 9.99. The molecule has 0 aromatic heterocycles. The van der Waals surface area contributed by atoms with Gasteiger partial charge in [-0.1, -0.05) is 19.8 Å². The fourth-order valence-corrected chi connectivity index (χ4v) is 4.74. The summed E-state index contributed by atoms with van der Waals surface area (Å²) in [5, 5.41) is 0. The van der Waals surface area contributed by atoms with Gasteiger partial charge >= 0.3 is 0 Å². The minimum absolute atomic E-state index is 0.243. The normalized spacial score (nSPS) is 23.7. The van der Waals surface area contributed by atoms with Crippen LogP contribution < -0.4 is 10.5 Å². The van der Waals surface area contributed by atoms with E-state index in [2.05, 4.69) is 27.6 Å². The standard InChI is InChI=1S/C13H19BrN2O2S/c1-9-3-2-4-10(9)8-16-19(17,18)13-6-5-11(15)7-12(13)14/h5-7,9-10,16H,2-4,8,15H2,1H3. The molecule has 6 heteroatoms. The van der Waals surface area contributed by atoms with Gasteiger partial charge in [0.25, 0.3) is 0 Å². The van der Waals surface area contributed by atoms with Gasteiger partial charge in [-0.3, -0.25) is 0 Å². The second-order valence-corrected chi connectivity index (χ2v) is 7.80. The Hall–Kier alpha value is -0.590. The molecule has 0 spiro atoms. The number of nitrogens with two attached hydrogens (primary N) is 1. The zero-order chi connectivity index (χ0) is 14.0. The van der Waals surface area contributed by atoms with Gasteiger partial charge in [-0.25, -0.2) is 13.1 Å². The fraction of sp³-hybridized carbons (Fsp3) is 0.538. The van der Waals surface area contributed by atoms with Crippen LogP contribution in [-0.4, -0.2) is 15.0 Å². The number of nitrogens with one attached hydrogen (secondary N) is 1. The Morgan fingerprint density at radius 1 is 1.42 bits per heavy atom. The molecule has 1 aromatic rings.